The molecule has 1 atom stereocenters. The molecule has 6 nitrogen and oxygen atoms in total. The van der Waals surface area contributed by atoms with Crippen molar-refractivity contribution in [3.8, 4) is 16.9 Å². The Morgan fingerprint density at radius 1 is 1.13 bits per heavy atom. The third-order valence-corrected chi connectivity index (χ3v) is 5.34. The van der Waals surface area contributed by atoms with E-state index in [-0.39, 0.29) is 11.8 Å². The Morgan fingerprint density at radius 2 is 1.93 bits per heavy atom. The van der Waals surface area contributed by atoms with E-state index >= 15 is 0 Å². The lowest BCUT2D eigenvalue weighted by atomic mass is 9.97. The molecule has 4 rings (SSSR count). The van der Waals surface area contributed by atoms with Crippen molar-refractivity contribution in [1.29, 1.82) is 0 Å². The normalized spacial score (nSPS) is 12.8. The molecule has 7 heteroatoms. The fourth-order valence-corrected chi connectivity index (χ4v) is 3.67. The fourth-order valence-electron chi connectivity index (χ4n) is 3.42. The van der Waals surface area contributed by atoms with Gasteiger partial charge in [0.1, 0.15) is 18.4 Å². The molecule has 2 heterocycles. The zero-order chi connectivity index (χ0) is 21.3. The Balaban J connectivity index is 1.64. The molecule has 1 aliphatic heterocycles. The summed E-state index contributed by atoms with van der Waals surface area (Å²) < 4.78 is 5.82. The Labute approximate surface area is 179 Å². The number of likely N-dealkylation sites (N-methyl/N-ethyl adjacent to an activating group) is 1. The molecule has 1 N–H and O–H groups in total. The van der Waals surface area contributed by atoms with Crippen molar-refractivity contribution < 1.29 is 14.3 Å². The maximum absolute atomic E-state index is 13.0. The van der Waals surface area contributed by atoms with Crippen LogP contribution in [0.2, 0.25) is 5.02 Å². The quantitative estimate of drug-likeness (QED) is 0.694. The number of hydrogen-bond acceptors (Lipinski definition) is 4. The maximum Gasteiger partial charge on any atom is 0.252 e. The van der Waals surface area contributed by atoms with Crippen LogP contribution in [0.3, 0.4) is 0 Å². The second-order valence-electron chi connectivity index (χ2n) is 7.19. The summed E-state index contributed by atoms with van der Waals surface area (Å²) >= 11 is 6.29. The average Bonchev–Trinajstić information content (AvgIpc) is 2.76. The number of amides is 2. The standard InChI is InChI=1S/C23H20ClN3O3/c1-27(2)23(29)21(18-5-3-4-6-19(18)24)26-22(28)14-7-8-17-16-9-10-25-12-15(16)13-30-20(17)11-14/h3-12,21H,13H2,1-2H3,(H,26,28). The molecule has 2 aromatic carbocycles. The molecule has 0 aliphatic carbocycles. The molecule has 1 aromatic heterocycles. The van der Waals surface area contributed by atoms with Gasteiger partial charge >= 0.3 is 0 Å². The van der Waals surface area contributed by atoms with E-state index in [1.807, 2.05) is 12.1 Å². The minimum atomic E-state index is -0.898. The van der Waals surface area contributed by atoms with Gasteiger partial charge in [-0.05, 0) is 35.9 Å². The number of benzene rings is 2. The zero-order valence-electron chi connectivity index (χ0n) is 16.6. The number of rotatable bonds is 4. The molecule has 2 amide bonds. The number of carbonyl (C=O) groups is 2. The highest BCUT2D eigenvalue weighted by Gasteiger charge is 2.27. The number of ether oxygens (including phenoxy) is 1. The van der Waals surface area contributed by atoms with Crippen LogP contribution in [0.4, 0.5) is 0 Å². The minimum Gasteiger partial charge on any atom is -0.488 e. The van der Waals surface area contributed by atoms with Gasteiger partial charge in [0.15, 0.2) is 0 Å². The number of halogens is 1. The summed E-state index contributed by atoms with van der Waals surface area (Å²) in [6, 6.07) is 13.3. The summed E-state index contributed by atoms with van der Waals surface area (Å²) in [6.45, 7) is 0.391. The van der Waals surface area contributed by atoms with Crippen LogP contribution < -0.4 is 10.1 Å². The van der Waals surface area contributed by atoms with Crippen LogP contribution in [0.25, 0.3) is 11.1 Å². The van der Waals surface area contributed by atoms with Crippen molar-refractivity contribution in [2.45, 2.75) is 12.6 Å². The van der Waals surface area contributed by atoms with Crippen molar-refractivity contribution >= 4 is 23.4 Å². The first-order valence-corrected chi connectivity index (χ1v) is 9.80. The van der Waals surface area contributed by atoms with Gasteiger partial charge in [0.25, 0.3) is 5.91 Å². The molecule has 1 unspecified atom stereocenters. The van der Waals surface area contributed by atoms with Gasteiger partial charge in [-0.1, -0.05) is 29.8 Å². The molecule has 152 valence electrons. The van der Waals surface area contributed by atoms with E-state index in [0.717, 1.165) is 16.7 Å². The van der Waals surface area contributed by atoms with Gasteiger partial charge in [0.05, 0.1) is 0 Å². The molecule has 0 bridgehead atoms. The summed E-state index contributed by atoms with van der Waals surface area (Å²) in [4.78, 5) is 31.3. The van der Waals surface area contributed by atoms with Gasteiger partial charge in [0, 0.05) is 53.8 Å². The Kier molecular flexibility index (Phi) is 5.42. The topological polar surface area (TPSA) is 71.5 Å². The van der Waals surface area contributed by atoms with Crippen LogP contribution in [0.1, 0.15) is 27.5 Å². The van der Waals surface area contributed by atoms with Crippen LogP contribution in [0, 0.1) is 0 Å². The second-order valence-corrected chi connectivity index (χ2v) is 7.60. The van der Waals surface area contributed by atoms with E-state index in [2.05, 4.69) is 10.3 Å². The van der Waals surface area contributed by atoms with Crippen molar-refractivity contribution in [2.75, 3.05) is 14.1 Å². The lowest BCUT2D eigenvalue weighted by molar-refractivity contribution is -0.130. The summed E-state index contributed by atoms with van der Waals surface area (Å²) in [5.41, 5.74) is 3.88. The molecular formula is C23H20ClN3O3. The highest BCUT2D eigenvalue weighted by Crippen LogP contribution is 2.37. The smallest absolute Gasteiger partial charge is 0.252 e. The molecular weight excluding hydrogens is 402 g/mol. The summed E-state index contributed by atoms with van der Waals surface area (Å²) in [5.74, 6) is -0.0382. The highest BCUT2D eigenvalue weighted by molar-refractivity contribution is 6.31. The number of carbonyl (C=O) groups excluding carboxylic acids is 2. The third kappa shape index (κ3) is 3.74. The second kappa shape index (κ2) is 8.16. The van der Waals surface area contributed by atoms with Crippen LogP contribution >= 0.6 is 11.6 Å². The molecule has 0 radical (unpaired) electrons. The van der Waals surface area contributed by atoms with Gasteiger partial charge in [-0.2, -0.15) is 0 Å². The Bertz CT molecular complexity index is 1130. The minimum absolute atomic E-state index is 0.271. The van der Waals surface area contributed by atoms with Gasteiger partial charge in [0.2, 0.25) is 5.91 Å². The predicted molar refractivity (Wildman–Crippen MR) is 114 cm³/mol. The van der Waals surface area contributed by atoms with Gasteiger partial charge < -0.3 is 15.0 Å². The number of pyridine rings is 1. The molecule has 1 aliphatic rings. The monoisotopic (exact) mass is 421 g/mol. The number of nitrogens with one attached hydrogen (secondary N) is 1. The molecule has 0 saturated heterocycles. The third-order valence-electron chi connectivity index (χ3n) is 5.00. The maximum atomic E-state index is 13.0. The van der Waals surface area contributed by atoms with Crippen molar-refractivity contribution in [1.82, 2.24) is 15.2 Å². The van der Waals surface area contributed by atoms with E-state index in [4.69, 9.17) is 16.3 Å². The first kappa shape index (κ1) is 19.9. The largest absolute Gasteiger partial charge is 0.488 e. The van der Waals surface area contributed by atoms with Crippen LogP contribution in [0.15, 0.2) is 60.9 Å². The number of hydrogen-bond donors (Lipinski definition) is 1. The number of fused-ring (bicyclic) bond motifs is 3. The molecule has 0 saturated carbocycles. The van der Waals surface area contributed by atoms with Crippen LogP contribution in [-0.4, -0.2) is 35.8 Å². The molecule has 0 fully saturated rings. The van der Waals surface area contributed by atoms with E-state index in [0.29, 0.717) is 28.5 Å². The number of nitrogens with zero attached hydrogens (tertiary/aromatic N) is 2. The van der Waals surface area contributed by atoms with E-state index in [1.165, 1.54) is 4.90 Å². The Hall–Kier alpha value is -3.38. The molecule has 0 spiro atoms. The Morgan fingerprint density at radius 3 is 2.70 bits per heavy atom. The van der Waals surface area contributed by atoms with Gasteiger partial charge in [-0.3, -0.25) is 14.6 Å². The van der Waals surface area contributed by atoms with Crippen molar-refractivity contribution in [2.24, 2.45) is 0 Å². The summed E-state index contributed by atoms with van der Waals surface area (Å²) in [7, 11) is 3.27. The van der Waals surface area contributed by atoms with Crippen LogP contribution in [-0.2, 0) is 11.4 Å². The molecule has 30 heavy (non-hydrogen) atoms. The molecule has 3 aromatic rings. The van der Waals surface area contributed by atoms with Gasteiger partial charge in [-0.25, -0.2) is 0 Å². The van der Waals surface area contributed by atoms with E-state index in [9.17, 15) is 9.59 Å². The van der Waals surface area contributed by atoms with Crippen LogP contribution in [0.5, 0.6) is 5.75 Å². The highest BCUT2D eigenvalue weighted by atomic mass is 35.5. The van der Waals surface area contributed by atoms with E-state index < -0.39 is 6.04 Å². The first-order chi connectivity index (χ1) is 14.5. The van der Waals surface area contributed by atoms with Gasteiger partial charge in [-0.15, -0.1) is 0 Å². The van der Waals surface area contributed by atoms with Crippen molar-refractivity contribution in [3.63, 3.8) is 0 Å². The lowest BCUT2D eigenvalue weighted by Gasteiger charge is -2.24. The fraction of sp³-hybridized carbons (Fsp3) is 0.174. The lowest BCUT2D eigenvalue weighted by Crippen LogP contribution is -2.40. The average molecular weight is 422 g/mol. The number of aromatic nitrogens is 1. The first-order valence-electron chi connectivity index (χ1n) is 9.42. The zero-order valence-corrected chi connectivity index (χ0v) is 17.3. The van der Waals surface area contributed by atoms with Crippen molar-refractivity contribution in [3.05, 3.63) is 82.6 Å². The predicted octanol–water partition coefficient (Wildman–Crippen LogP) is 3.85. The SMILES string of the molecule is CN(C)C(=O)C(NC(=O)c1ccc2c(c1)OCc1cnccc1-2)c1ccccc1Cl. The summed E-state index contributed by atoms with van der Waals surface area (Å²) in [6.07, 6.45) is 3.51. The van der Waals surface area contributed by atoms with E-state index in [1.54, 1.807) is 62.9 Å². The summed E-state index contributed by atoms with van der Waals surface area (Å²) in [5, 5.41) is 3.23.